The van der Waals surface area contributed by atoms with Gasteiger partial charge >= 0.3 is 0 Å². The van der Waals surface area contributed by atoms with Gasteiger partial charge in [0.25, 0.3) is 5.91 Å². The van der Waals surface area contributed by atoms with Crippen LogP contribution in [0, 0.1) is 18.3 Å². The number of nitrogens with zero attached hydrogens (tertiary/aromatic N) is 3. The molecule has 6 heteroatoms. The average molecular weight is 333 g/mol. The zero-order chi connectivity index (χ0) is 16.0. The SMILES string of the molecule is Cc1nc(C(=O)N2CCC3(CCCN(CC4CC4)C3=O)C2)cs1. The summed E-state index contributed by atoms with van der Waals surface area (Å²) < 4.78 is 0. The van der Waals surface area contributed by atoms with E-state index in [1.807, 2.05) is 17.2 Å². The molecular weight excluding hydrogens is 310 g/mol. The second kappa shape index (κ2) is 5.58. The number of likely N-dealkylation sites (tertiary alicyclic amines) is 2. The monoisotopic (exact) mass is 333 g/mol. The molecule has 124 valence electrons. The van der Waals surface area contributed by atoms with Crippen LogP contribution < -0.4 is 0 Å². The van der Waals surface area contributed by atoms with Crippen LogP contribution in [0.3, 0.4) is 0 Å². The lowest BCUT2D eigenvalue weighted by atomic mass is 9.78. The largest absolute Gasteiger partial charge is 0.342 e. The van der Waals surface area contributed by atoms with Crippen molar-refractivity contribution in [3.05, 3.63) is 16.1 Å². The summed E-state index contributed by atoms with van der Waals surface area (Å²) in [6.45, 7) is 4.99. The predicted octanol–water partition coefficient (Wildman–Crippen LogP) is 2.32. The lowest BCUT2D eigenvalue weighted by molar-refractivity contribution is -0.145. The molecule has 5 nitrogen and oxygen atoms in total. The zero-order valence-corrected chi connectivity index (χ0v) is 14.4. The highest BCUT2D eigenvalue weighted by molar-refractivity contribution is 7.09. The third kappa shape index (κ3) is 2.77. The summed E-state index contributed by atoms with van der Waals surface area (Å²) in [5, 5.41) is 2.73. The highest BCUT2D eigenvalue weighted by atomic mass is 32.1. The summed E-state index contributed by atoms with van der Waals surface area (Å²) in [4.78, 5) is 33.8. The molecule has 1 spiro atoms. The van der Waals surface area contributed by atoms with Gasteiger partial charge in [0.05, 0.1) is 10.4 Å². The zero-order valence-electron chi connectivity index (χ0n) is 13.6. The van der Waals surface area contributed by atoms with Gasteiger partial charge in [0, 0.05) is 31.6 Å². The molecule has 2 aliphatic heterocycles. The number of carbonyl (C=O) groups excluding carboxylic acids is 2. The van der Waals surface area contributed by atoms with E-state index in [1.165, 1.54) is 24.2 Å². The van der Waals surface area contributed by atoms with Crippen molar-refractivity contribution in [2.24, 2.45) is 11.3 Å². The number of thiazole rings is 1. The van der Waals surface area contributed by atoms with E-state index < -0.39 is 0 Å². The van der Waals surface area contributed by atoms with Crippen molar-refractivity contribution < 1.29 is 9.59 Å². The van der Waals surface area contributed by atoms with E-state index in [1.54, 1.807) is 0 Å². The van der Waals surface area contributed by atoms with Crippen LogP contribution in [-0.4, -0.2) is 52.8 Å². The number of piperidine rings is 1. The van der Waals surface area contributed by atoms with Crippen molar-refractivity contribution in [1.29, 1.82) is 0 Å². The van der Waals surface area contributed by atoms with Crippen LogP contribution >= 0.6 is 11.3 Å². The minimum Gasteiger partial charge on any atom is -0.342 e. The Kier molecular flexibility index (Phi) is 3.67. The van der Waals surface area contributed by atoms with Crippen molar-refractivity contribution in [3.8, 4) is 0 Å². The molecule has 1 saturated carbocycles. The van der Waals surface area contributed by atoms with E-state index in [0.717, 1.165) is 43.3 Å². The van der Waals surface area contributed by atoms with E-state index in [9.17, 15) is 9.59 Å². The first kappa shape index (κ1) is 15.1. The predicted molar refractivity (Wildman–Crippen MR) is 88.3 cm³/mol. The molecule has 23 heavy (non-hydrogen) atoms. The van der Waals surface area contributed by atoms with Gasteiger partial charge in [0.1, 0.15) is 5.69 Å². The van der Waals surface area contributed by atoms with Gasteiger partial charge in [-0.2, -0.15) is 0 Å². The van der Waals surface area contributed by atoms with Gasteiger partial charge in [-0.1, -0.05) is 0 Å². The van der Waals surface area contributed by atoms with Crippen molar-refractivity contribution in [1.82, 2.24) is 14.8 Å². The molecule has 0 N–H and O–H groups in total. The molecular formula is C17H23N3O2S. The number of carbonyl (C=O) groups is 2. The van der Waals surface area contributed by atoms with Gasteiger partial charge < -0.3 is 9.80 Å². The molecule has 1 aliphatic carbocycles. The number of hydrogen-bond acceptors (Lipinski definition) is 4. The van der Waals surface area contributed by atoms with Crippen molar-refractivity contribution in [2.45, 2.75) is 39.0 Å². The van der Waals surface area contributed by atoms with Crippen LogP contribution in [0.2, 0.25) is 0 Å². The molecule has 1 unspecified atom stereocenters. The number of aromatic nitrogens is 1. The Hall–Kier alpha value is -1.43. The van der Waals surface area contributed by atoms with Crippen molar-refractivity contribution in [2.75, 3.05) is 26.2 Å². The van der Waals surface area contributed by atoms with E-state index in [-0.39, 0.29) is 11.3 Å². The highest BCUT2D eigenvalue weighted by Gasteiger charge is 2.50. The normalized spacial score (nSPS) is 28.0. The summed E-state index contributed by atoms with van der Waals surface area (Å²) in [5.41, 5.74) is 0.205. The summed E-state index contributed by atoms with van der Waals surface area (Å²) in [5.74, 6) is 1.00. The Morgan fingerprint density at radius 1 is 1.39 bits per heavy atom. The average Bonchev–Trinajstić information content (AvgIpc) is 3.08. The topological polar surface area (TPSA) is 53.5 Å². The van der Waals surface area contributed by atoms with Gasteiger partial charge in [-0.25, -0.2) is 4.98 Å². The maximum absolute atomic E-state index is 13.0. The minimum atomic E-state index is -0.326. The van der Waals surface area contributed by atoms with E-state index in [2.05, 4.69) is 9.88 Å². The van der Waals surface area contributed by atoms with E-state index in [0.29, 0.717) is 24.7 Å². The second-order valence-corrected chi connectivity index (χ2v) is 8.37. The Labute approximate surface area is 140 Å². The molecule has 4 rings (SSSR count). The standard InChI is InChI=1S/C17H23N3O2S/c1-12-18-14(10-23-12)15(21)20-8-6-17(11-20)5-2-7-19(16(17)22)9-13-3-4-13/h10,13H,2-9,11H2,1H3. The van der Waals surface area contributed by atoms with Gasteiger partial charge in [-0.05, 0) is 44.9 Å². The van der Waals surface area contributed by atoms with Crippen LogP contribution in [0.25, 0.3) is 0 Å². The van der Waals surface area contributed by atoms with Gasteiger partial charge in [-0.3, -0.25) is 9.59 Å². The molecule has 0 bridgehead atoms. The maximum atomic E-state index is 13.0. The van der Waals surface area contributed by atoms with Gasteiger partial charge in [0.2, 0.25) is 5.91 Å². The lowest BCUT2D eigenvalue weighted by Crippen LogP contribution is -2.51. The van der Waals surface area contributed by atoms with Crippen LogP contribution in [0.4, 0.5) is 0 Å². The Balaban J connectivity index is 1.47. The van der Waals surface area contributed by atoms with Crippen molar-refractivity contribution in [3.63, 3.8) is 0 Å². The fraction of sp³-hybridized carbons (Fsp3) is 0.706. The highest BCUT2D eigenvalue weighted by Crippen LogP contribution is 2.42. The number of aryl methyl sites for hydroxylation is 1. The molecule has 1 aromatic rings. The van der Waals surface area contributed by atoms with Crippen molar-refractivity contribution >= 4 is 23.2 Å². The molecule has 3 fully saturated rings. The number of rotatable bonds is 3. The molecule has 1 atom stereocenters. The Bertz CT molecular complexity index is 640. The first-order chi connectivity index (χ1) is 11.1. The molecule has 2 amide bonds. The fourth-order valence-electron chi connectivity index (χ4n) is 3.99. The van der Waals surface area contributed by atoms with Crippen LogP contribution in [0.5, 0.6) is 0 Å². The maximum Gasteiger partial charge on any atom is 0.273 e. The summed E-state index contributed by atoms with van der Waals surface area (Å²) >= 11 is 1.50. The summed E-state index contributed by atoms with van der Waals surface area (Å²) in [6, 6.07) is 0. The molecule has 1 aromatic heterocycles. The van der Waals surface area contributed by atoms with Crippen LogP contribution in [0.15, 0.2) is 5.38 Å². The second-order valence-electron chi connectivity index (χ2n) is 7.31. The fourth-order valence-corrected chi connectivity index (χ4v) is 4.57. The van der Waals surface area contributed by atoms with Crippen LogP contribution in [-0.2, 0) is 4.79 Å². The van der Waals surface area contributed by atoms with E-state index in [4.69, 9.17) is 0 Å². The summed E-state index contributed by atoms with van der Waals surface area (Å²) in [6.07, 6.45) is 5.33. The molecule has 0 radical (unpaired) electrons. The first-order valence-corrected chi connectivity index (χ1v) is 9.46. The minimum absolute atomic E-state index is 0.0154. The summed E-state index contributed by atoms with van der Waals surface area (Å²) in [7, 11) is 0. The van der Waals surface area contributed by atoms with Gasteiger partial charge in [0.15, 0.2) is 0 Å². The first-order valence-electron chi connectivity index (χ1n) is 8.58. The third-order valence-electron chi connectivity index (χ3n) is 5.48. The molecule has 0 aromatic carbocycles. The quantitative estimate of drug-likeness (QED) is 0.853. The van der Waals surface area contributed by atoms with Crippen LogP contribution in [0.1, 0.15) is 47.6 Å². The smallest absolute Gasteiger partial charge is 0.273 e. The van der Waals surface area contributed by atoms with Gasteiger partial charge in [-0.15, -0.1) is 11.3 Å². The van der Waals surface area contributed by atoms with E-state index >= 15 is 0 Å². The molecule has 2 saturated heterocycles. The Morgan fingerprint density at radius 2 is 2.22 bits per heavy atom. The number of hydrogen-bond donors (Lipinski definition) is 0. The Morgan fingerprint density at radius 3 is 2.91 bits per heavy atom. The molecule has 3 aliphatic rings. The number of amides is 2. The lowest BCUT2D eigenvalue weighted by Gasteiger charge is -2.39. The molecule has 3 heterocycles. The third-order valence-corrected chi connectivity index (χ3v) is 6.25.